The van der Waals surface area contributed by atoms with Crippen molar-refractivity contribution in [3.63, 3.8) is 0 Å². The molecule has 1 heterocycles. The Labute approximate surface area is 163 Å². The van der Waals surface area contributed by atoms with Gasteiger partial charge in [-0.15, -0.1) is 0 Å². The fourth-order valence-electron chi connectivity index (χ4n) is 3.04. The molecular formula is C20H21NO4S2. The summed E-state index contributed by atoms with van der Waals surface area (Å²) >= 11 is 1.00. The van der Waals surface area contributed by atoms with E-state index in [9.17, 15) is 13.2 Å². The van der Waals surface area contributed by atoms with Crippen LogP contribution in [-0.2, 0) is 14.8 Å². The maximum absolute atomic E-state index is 13.2. The Morgan fingerprint density at radius 3 is 2.44 bits per heavy atom. The first-order valence-electron chi connectivity index (χ1n) is 8.56. The molecule has 1 unspecified atom stereocenters. The molecule has 2 aromatic rings. The van der Waals surface area contributed by atoms with Crippen LogP contribution in [0.2, 0.25) is 0 Å². The van der Waals surface area contributed by atoms with Gasteiger partial charge in [-0.3, -0.25) is 4.79 Å². The highest BCUT2D eigenvalue weighted by Crippen LogP contribution is 2.39. The molecular weight excluding hydrogens is 382 g/mol. The fraction of sp³-hybridized carbons (Fsp3) is 0.250. The first kappa shape index (κ1) is 19.8. The first-order chi connectivity index (χ1) is 12.9. The van der Waals surface area contributed by atoms with Crippen LogP contribution in [0.25, 0.3) is 0 Å². The highest BCUT2D eigenvalue weighted by atomic mass is 32.2. The zero-order valence-electron chi connectivity index (χ0n) is 14.9. The van der Waals surface area contributed by atoms with Gasteiger partial charge >= 0.3 is 0 Å². The summed E-state index contributed by atoms with van der Waals surface area (Å²) in [7, 11) is -3.77. The molecule has 0 spiro atoms. The molecule has 142 valence electrons. The topological polar surface area (TPSA) is 74.7 Å². The molecule has 0 fully saturated rings. The van der Waals surface area contributed by atoms with Crippen molar-refractivity contribution in [3.05, 3.63) is 77.4 Å². The van der Waals surface area contributed by atoms with Crippen molar-refractivity contribution in [2.45, 2.75) is 17.9 Å². The van der Waals surface area contributed by atoms with Crippen LogP contribution in [0.15, 0.2) is 71.1 Å². The number of hydrogen-bond donors (Lipinski definition) is 1. The van der Waals surface area contributed by atoms with Crippen LogP contribution in [0.4, 0.5) is 0 Å². The standard InChI is InChI=1S/C20H21NO4S2/c1-15-7-9-17(10-8-15)27(24,25)21-12-11-18(20(23)26-14-13-22)19(21)16-5-3-2-4-6-16/h2-11,19,22H,12-14H2,1H3. The van der Waals surface area contributed by atoms with E-state index in [0.29, 0.717) is 5.57 Å². The fourth-order valence-corrected chi connectivity index (χ4v) is 5.21. The molecule has 5 nitrogen and oxygen atoms in total. The number of benzene rings is 2. The van der Waals surface area contributed by atoms with Gasteiger partial charge in [0, 0.05) is 17.9 Å². The predicted octanol–water partition coefficient (Wildman–Crippen LogP) is 2.92. The summed E-state index contributed by atoms with van der Waals surface area (Å²) in [5.74, 6) is 0.280. The predicted molar refractivity (Wildman–Crippen MR) is 107 cm³/mol. The van der Waals surface area contributed by atoms with E-state index < -0.39 is 16.1 Å². The van der Waals surface area contributed by atoms with E-state index in [1.165, 1.54) is 4.31 Å². The van der Waals surface area contributed by atoms with Gasteiger partial charge in [0.1, 0.15) is 0 Å². The van der Waals surface area contributed by atoms with Crippen molar-refractivity contribution in [2.75, 3.05) is 18.9 Å². The van der Waals surface area contributed by atoms with Crippen molar-refractivity contribution in [1.82, 2.24) is 4.31 Å². The summed E-state index contributed by atoms with van der Waals surface area (Å²) in [6, 6.07) is 15.2. The smallest absolute Gasteiger partial charge is 0.244 e. The Morgan fingerprint density at radius 1 is 1.15 bits per heavy atom. The van der Waals surface area contributed by atoms with Gasteiger partial charge in [0.25, 0.3) is 0 Å². The summed E-state index contributed by atoms with van der Waals surface area (Å²) in [5, 5.41) is 8.79. The molecule has 3 rings (SSSR count). The molecule has 0 aromatic heterocycles. The molecule has 0 radical (unpaired) electrons. The lowest BCUT2D eigenvalue weighted by Crippen LogP contribution is -2.33. The highest BCUT2D eigenvalue weighted by Gasteiger charge is 2.40. The van der Waals surface area contributed by atoms with Gasteiger partial charge in [-0.1, -0.05) is 65.9 Å². The summed E-state index contributed by atoms with van der Waals surface area (Å²) < 4.78 is 27.9. The summed E-state index contributed by atoms with van der Waals surface area (Å²) in [6.45, 7) is 1.93. The number of thioether (sulfide) groups is 1. The third-order valence-electron chi connectivity index (χ3n) is 4.38. The van der Waals surface area contributed by atoms with E-state index in [1.54, 1.807) is 30.3 Å². The van der Waals surface area contributed by atoms with E-state index in [4.69, 9.17) is 5.11 Å². The van der Waals surface area contributed by atoms with E-state index in [0.717, 1.165) is 22.9 Å². The summed E-state index contributed by atoms with van der Waals surface area (Å²) in [4.78, 5) is 12.8. The number of aliphatic hydroxyl groups is 1. The maximum Gasteiger partial charge on any atom is 0.244 e. The van der Waals surface area contributed by atoms with E-state index in [2.05, 4.69) is 0 Å². The van der Waals surface area contributed by atoms with Crippen LogP contribution in [0.3, 0.4) is 0 Å². The third kappa shape index (κ3) is 4.16. The second kappa shape index (κ2) is 8.39. The Balaban J connectivity index is 2.00. The monoisotopic (exact) mass is 403 g/mol. The maximum atomic E-state index is 13.2. The van der Waals surface area contributed by atoms with E-state index in [-0.39, 0.29) is 28.9 Å². The number of aliphatic hydroxyl groups excluding tert-OH is 1. The van der Waals surface area contributed by atoms with Crippen LogP contribution in [0.1, 0.15) is 17.2 Å². The van der Waals surface area contributed by atoms with Crippen LogP contribution in [0.5, 0.6) is 0 Å². The molecule has 1 atom stereocenters. The SMILES string of the molecule is Cc1ccc(S(=O)(=O)N2CC=C(C(=O)SCCO)C2c2ccccc2)cc1. The highest BCUT2D eigenvalue weighted by molar-refractivity contribution is 8.14. The van der Waals surface area contributed by atoms with Crippen LogP contribution < -0.4 is 0 Å². The second-order valence-electron chi connectivity index (χ2n) is 6.22. The number of sulfonamides is 1. The molecule has 7 heteroatoms. The lowest BCUT2D eigenvalue weighted by Gasteiger charge is -2.26. The molecule has 0 aliphatic carbocycles. The average molecular weight is 404 g/mol. The molecule has 1 aliphatic rings. The van der Waals surface area contributed by atoms with E-state index in [1.807, 2.05) is 37.3 Å². The van der Waals surface area contributed by atoms with Crippen molar-refractivity contribution in [3.8, 4) is 0 Å². The molecule has 0 saturated heterocycles. The van der Waals surface area contributed by atoms with Gasteiger partial charge in [-0.25, -0.2) is 8.42 Å². The first-order valence-corrected chi connectivity index (χ1v) is 11.0. The Morgan fingerprint density at radius 2 is 1.81 bits per heavy atom. The Hall–Kier alpha value is -1.93. The number of carbonyl (C=O) groups is 1. The molecule has 1 N–H and O–H groups in total. The van der Waals surface area contributed by atoms with Gasteiger partial charge < -0.3 is 5.11 Å². The normalized spacial score (nSPS) is 17.7. The second-order valence-corrected chi connectivity index (χ2v) is 9.18. The van der Waals surface area contributed by atoms with Crippen LogP contribution in [0, 0.1) is 6.92 Å². The zero-order valence-corrected chi connectivity index (χ0v) is 16.5. The van der Waals surface area contributed by atoms with Crippen molar-refractivity contribution in [1.29, 1.82) is 0 Å². The molecule has 0 bridgehead atoms. The van der Waals surface area contributed by atoms with Gasteiger partial charge in [-0.2, -0.15) is 4.31 Å². The summed E-state index contributed by atoms with van der Waals surface area (Å²) in [5.41, 5.74) is 2.16. The quantitative estimate of drug-likeness (QED) is 0.803. The molecule has 2 aromatic carbocycles. The van der Waals surface area contributed by atoms with Gasteiger partial charge in [-0.05, 0) is 24.6 Å². The molecule has 0 amide bonds. The van der Waals surface area contributed by atoms with E-state index >= 15 is 0 Å². The number of carbonyl (C=O) groups excluding carboxylic acids is 1. The Kier molecular flexibility index (Phi) is 6.16. The van der Waals surface area contributed by atoms with Crippen LogP contribution >= 0.6 is 11.8 Å². The van der Waals surface area contributed by atoms with Gasteiger partial charge in [0.05, 0.1) is 17.5 Å². The largest absolute Gasteiger partial charge is 0.396 e. The number of nitrogens with zero attached hydrogens (tertiary/aromatic N) is 1. The number of rotatable bonds is 6. The minimum absolute atomic E-state index is 0.106. The minimum Gasteiger partial charge on any atom is -0.396 e. The van der Waals surface area contributed by atoms with Crippen LogP contribution in [-0.4, -0.2) is 41.8 Å². The Bertz CT molecular complexity index is 938. The molecule has 1 aliphatic heterocycles. The third-order valence-corrected chi connectivity index (χ3v) is 7.11. The van der Waals surface area contributed by atoms with Crippen molar-refractivity contribution < 1.29 is 18.3 Å². The lowest BCUT2D eigenvalue weighted by molar-refractivity contribution is -0.108. The zero-order chi connectivity index (χ0) is 19.4. The molecule has 0 saturated carbocycles. The average Bonchev–Trinajstić information content (AvgIpc) is 3.13. The minimum atomic E-state index is -3.77. The van der Waals surface area contributed by atoms with Gasteiger partial charge in [0.15, 0.2) is 0 Å². The van der Waals surface area contributed by atoms with Crippen molar-refractivity contribution >= 4 is 26.9 Å². The number of hydrogen-bond acceptors (Lipinski definition) is 5. The summed E-state index contributed by atoms with van der Waals surface area (Å²) in [6.07, 6.45) is 1.68. The van der Waals surface area contributed by atoms with Gasteiger partial charge in [0.2, 0.25) is 15.1 Å². The van der Waals surface area contributed by atoms with Crippen molar-refractivity contribution in [2.24, 2.45) is 0 Å². The lowest BCUT2D eigenvalue weighted by atomic mass is 10.0. The molecule has 27 heavy (non-hydrogen) atoms. The number of aryl methyl sites for hydroxylation is 1.